The topological polar surface area (TPSA) is 66.8 Å². The first kappa shape index (κ1) is 7.23. The van der Waals surface area contributed by atoms with Gasteiger partial charge in [0.15, 0.2) is 0 Å². The van der Waals surface area contributed by atoms with Gasteiger partial charge in [0, 0.05) is 0 Å². The van der Waals surface area contributed by atoms with E-state index in [1.807, 2.05) is 0 Å². The van der Waals surface area contributed by atoms with Gasteiger partial charge in [-0.05, 0) is 0 Å². The van der Waals surface area contributed by atoms with Crippen LogP contribution in [0.4, 0.5) is 0 Å². The van der Waals surface area contributed by atoms with Gasteiger partial charge in [0.25, 0.3) is 11.8 Å². The molecule has 2 bridgehead atoms. The average molecular weight is 181 g/mol. The van der Waals surface area contributed by atoms with Crippen molar-refractivity contribution in [2.75, 3.05) is 0 Å². The number of amides is 2. The Morgan fingerprint density at radius 2 is 1.62 bits per heavy atom. The van der Waals surface area contributed by atoms with Gasteiger partial charge in [0.2, 0.25) is 0 Å². The number of carbonyl (C=O) groups is 2. The number of ether oxygens (including phenoxy) is 1. The Morgan fingerprint density at radius 3 is 2.08 bits per heavy atom. The zero-order valence-corrected chi connectivity index (χ0v) is 6.58. The van der Waals surface area contributed by atoms with Crippen molar-refractivity contribution >= 4 is 11.8 Å². The quantitative estimate of drug-likeness (QED) is 0.305. The highest BCUT2D eigenvalue weighted by Crippen LogP contribution is 2.44. The maximum Gasteiger partial charge on any atom is 0.260 e. The molecule has 2 amide bonds. The van der Waals surface area contributed by atoms with Crippen LogP contribution in [0, 0.1) is 11.8 Å². The van der Waals surface area contributed by atoms with Crippen LogP contribution >= 0.6 is 0 Å². The molecule has 2 fully saturated rings. The molecule has 13 heavy (non-hydrogen) atoms. The van der Waals surface area contributed by atoms with Gasteiger partial charge in [0.1, 0.15) is 0 Å². The lowest BCUT2D eigenvalue weighted by Gasteiger charge is -2.09. The van der Waals surface area contributed by atoms with E-state index in [1.165, 1.54) is 0 Å². The molecule has 2 saturated heterocycles. The van der Waals surface area contributed by atoms with E-state index in [9.17, 15) is 9.59 Å². The van der Waals surface area contributed by atoms with Crippen molar-refractivity contribution in [3.63, 3.8) is 0 Å². The maximum absolute atomic E-state index is 11.3. The molecule has 3 aliphatic heterocycles. The van der Waals surface area contributed by atoms with Crippen LogP contribution in [0.15, 0.2) is 12.2 Å². The van der Waals surface area contributed by atoms with Gasteiger partial charge in [-0.3, -0.25) is 14.8 Å². The molecular weight excluding hydrogens is 174 g/mol. The summed E-state index contributed by atoms with van der Waals surface area (Å²) in [6, 6.07) is 0. The Labute approximate surface area is 73.5 Å². The first-order valence-corrected chi connectivity index (χ1v) is 4.10. The van der Waals surface area contributed by atoms with Gasteiger partial charge in [-0.2, -0.15) is 5.06 Å². The molecule has 3 heterocycles. The third kappa shape index (κ3) is 0.653. The number of hydrogen-bond donors (Lipinski definition) is 1. The summed E-state index contributed by atoms with van der Waals surface area (Å²) in [5.74, 6) is -2.06. The van der Waals surface area contributed by atoms with Gasteiger partial charge in [0.05, 0.1) is 24.0 Å². The lowest BCUT2D eigenvalue weighted by atomic mass is 9.85. The lowest BCUT2D eigenvalue weighted by Crippen LogP contribution is -2.31. The largest absolute Gasteiger partial charge is 0.365 e. The highest BCUT2D eigenvalue weighted by atomic mass is 16.5. The Hall–Kier alpha value is -1.20. The van der Waals surface area contributed by atoms with Gasteiger partial charge < -0.3 is 4.74 Å². The second kappa shape index (κ2) is 2.00. The molecule has 3 rings (SSSR count). The number of hydrogen-bond acceptors (Lipinski definition) is 4. The van der Waals surface area contributed by atoms with Crippen LogP contribution in [0.1, 0.15) is 0 Å². The second-order valence-electron chi connectivity index (χ2n) is 3.49. The molecule has 0 spiro atoms. The normalized spacial score (nSPS) is 46.4. The minimum absolute atomic E-state index is 0.227. The lowest BCUT2D eigenvalue weighted by molar-refractivity contribution is -0.175. The monoisotopic (exact) mass is 181 g/mol. The molecule has 0 aromatic heterocycles. The predicted molar refractivity (Wildman–Crippen MR) is 38.4 cm³/mol. The number of imide groups is 1. The summed E-state index contributed by atoms with van der Waals surface area (Å²) in [4.78, 5) is 22.7. The molecule has 0 aromatic carbocycles. The van der Waals surface area contributed by atoms with Crippen molar-refractivity contribution in [2.45, 2.75) is 12.2 Å². The Kier molecular flexibility index (Phi) is 1.11. The molecule has 0 radical (unpaired) electrons. The van der Waals surface area contributed by atoms with Crippen LogP contribution < -0.4 is 0 Å². The Balaban J connectivity index is 2.08. The minimum Gasteiger partial charge on any atom is -0.365 e. The maximum atomic E-state index is 11.3. The summed E-state index contributed by atoms with van der Waals surface area (Å²) in [5.41, 5.74) is 0. The van der Waals surface area contributed by atoms with E-state index in [1.54, 1.807) is 12.2 Å². The Bertz CT molecular complexity index is 307. The van der Waals surface area contributed by atoms with Crippen LogP contribution in [-0.2, 0) is 14.3 Å². The molecule has 0 aromatic rings. The van der Waals surface area contributed by atoms with E-state index >= 15 is 0 Å². The highest BCUT2D eigenvalue weighted by molar-refractivity contribution is 6.05. The smallest absolute Gasteiger partial charge is 0.260 e. The first-order chi connectivity index (χ1) is 6.20. The van der Waals surface area contributed by atoms with Crippen molar-refractivity contribution in [2.24, 2.45) is 11.8 Å². The first-order valence-electron chi connectivity index (χ1n) is 4.10. The van der Waals surface area contributed by atoms with Gasteiger partial charge in [-0.25, -0.2) is 0 Å². The summed E-state index contributed by atoms with van der Waals surface area (Å²) in [6.07, 6.45) is 2.92. The SMILES string of the molecule is O=C1[C@@H]2[C@@H](C(=O)N1O)[C@H]1C=C[C@@H]2O1. The van der Waals surface area contributed by atoms with Crippen LogP contribution in [0.3, 0.4) is 0 Å². The fraction of sp³-hybridized carbons (Fsp3) is 0.500. The standard InChI is InChI=1S/C8H7NO4/c10-7-5-3-1-2-4(13-3)6(5)8(11)9(7)12/h1-6,12H/t3-,4+,5-,6-/m0/s1. The summed E-state index contributed by atoms with van der Waals surface area (Å²) in [5, 5.41) is 9.31. The van der Waals surface area contributed by atoms with Crippen molar-refractivity contribution in [1.82, 2.24) is 5.06 Å². The molecular formula is C8H7NO4. The van der Waals surface area contributed by atoms with Crippen LogP contribution in [0.2, 0.25) is 0 Å². The second-order valence-corrected chi connectivity index (χ2v) is 3.49. The van der Waals surface area contributed by atoms with E-state index in [4.69, 9.17) is 9.94 Å². The van der Waals surface area contributed by atoms with Crippen molar-refractivity contribution in [3.8, 4) is 0 Å². The summed E-state index contributed by atoms with van der Waals surface area (Å²) in [7, 11) is 0. The van der Waals surface area contributed by atoms with E-state index in [0.717, 1.165) is 0 Å². The van der Waals surface area contributed by atoms with E-state index in [2.05, 4.69) is 0 Å². The molecule has 1 N–H and O–H groups in total. The fourth-order valence-corrected chi connectivity index (χ4v) is 2.29. The van der Waals surface area contributed by atoms with Crippen molar-refractivity contribution < 1.29 is 19.5 Å². The third-order valence-corrected chi connectivity index (χ3v) is 2.89. The molecule has 5 nitrogen and oxygen atoms in total. The summed E-state index contributed by atoms with van der Waals surface area (Å²) < 4.78 is 5.34. The number of carbonyl (C=O) groups excluding carboxylic acids is 2. The van der Waals surface area contributed by atoms with E-state index < -0.39 is 23.7 Å². The van der Waals surface area contributed by atoms with Crippen LogP contribution in [0.25, 0.3) is 0 Å². The van der Waals surface area contributed by atoms with Crippen LogP contribution in [0.5, 0.6) is 0 Å². The molecule has 4 atom stereocenters. The minimum atomic E-state index is -0.535. The number of hydroxylamine groups is 2. The van der Waals surface area contributed by atoms with Gasteiger partial charge >= 0.3 is 0 Å². The summed E-state index contributed by atoms with van der Waals surface area (Å²) >= 11 is 0. The average Bonchev–Trinajstić information content (AvgIpc) is 2.76. The molecule has 0 saturated carbocycles. The Morgan fingerprint density at radius 1 is 1.15 bits per heavy atom. The molecule has 68 valence electrons. The van der Waals surface area contributed by atoms with Gasteiger partial charge in [-0.1, -0.05) is 12.2 Å². The summed E-state index contributed by atoms with van der Waals surface area (Å²) in [6.45, 7) is 0. The highest BCUT2D eigenvalue weighted by Gasteiger charge is 2.60. The molecule has 0 aliphatic carbocycles. The van der Waals surface area contributed by atoms with Crippen molar-refractivity contribution in [1.29, 1.82) is 0 Å². The van der Waals surface area contributed by atoms with E-state index in [-0.39, 0.29) is 17.3 Å². The predicted octanol–water partition coefficient (Wildman–Crippen LogP) is -0.686. The number of nitrogens with zero attached hydrogens (tertiary/aromatic N) is 1. The third-order valence-electron chi connectivity index (χ3n) is 2.89. The number of fused-ring (bicyclic) bond motifs is 5. The molecule has 5 heteroatoms. The number of rotatable bonds is 0. The van der Waals surface area contributed by atoms with E-state index in [0.29, 0.717) is 0 Å². The molecule has 0 unspecified atom stereocenters. The fourth-order valence-electron chi connectivity index (χ4n) is 2.29. The van der Waals surface area contributed by atoms with Crippen molar-refractivity contribution in [3.05, 3.63) is 12.2 Å². The molecule has 3 aliphatic rings. The zero-order valence-electron chi connectivity index (χ0n) is 6.58. The van der Waals surface area contributed by atoms with Crippen LogP contribution in [-0.4, -0.2) is 34.3 Å². The zero-order chi connectivity index (χ0) is 9.16. The van der Waals surface area contributed by atoms with Gasteiger partial charge in [-0.15, -0.1) is 0 Å².